The molecule has 7 nitrogen and oxygen atoms in total. The van der Waals surface area contributed by atoms with Crippen LogP contribution in [0.15, 0.2) is 0 Å². The van der Waals surface area contributed by atoms with Gasteiger partial charge in [0.15, 0.2) is 0 Å². The molecule has 0 radical (unpaired) electrons. The van der Waals surface area contributed by atoms with Crippen LogP contribution in [0, 0.1) is 0 Å². The van der Waals surface area contributed by atoms with Crippen LogP contribution in [0.5, 0.6) is 0 Å². The maximum Gasteiger partial charge on any atom is 0.237 e. The maximum absolute atomic E-state index is 11.9. The fourth-order valence-electron chi connectivity index (χ4n) is 1.84. The molecule has 0 aromatic heterocycles. The second-order valence-corrected chi connectivity index (χ2v) is 6.97. The number of rotatable bonds is 7. The summed E-state index contributed by atoms with van der Waals surface area (Å²) >= 11 is 0. The summed E-state index contributed by atoms with van der Waals surface area (Å²) in [7, 11) is -3.46. The Morgan fingerprint density at radius 2 is 2.05 bits per heavy atom. The molecule has 1 amide bonds. The van der Waals surface area contributed by atoms with Gasteiger partial charge in [-0.25, -0.2) is 13.1 Å². The van der Waals surface area contributed by atoms with Crippen molar-refractivity contribution in [2.45, 2.75) is 26.4 Å². The first kappa shape index (κ1) is 20.6. The van der Waals surface area contributed by atoms with Gasteiger partial charge in [0, 0.05) is 19.6 Å². The Morgan fingerprint density at radius 1 is 1.33 bits per heavy atom. The van der Waals surface area contributed by atoms with Gasteiger partial charge in [-0.15, -0.1) is 12.4 Å². The van der Waals surface area contributed by atoms with Gasteiger partial charge in [-0.1, -0.05) is 0 Å². The maximum atomic E-state index is 11.9. The molecule has 1 fully saturated rings. The van der Waals surface area contributed by atoms with Gasteiger partial charge in [0.1, 0.15) is 0 Å². The summed E-state index contributed by atoms with van der Waals surface area (Å²) in [5.41, 5.74) is 0. The van der Waals surface area contributed by atoms with Crippen molar-refractivity contribution in [1.82, 2.24) is 14.9 Å². The second kappa shape index (κ2) is 10.3. The number of sulfonamides is 1. The minimum atomic E-state index is -3.46. The van der Waals surface area contributed by atoms with Gasteiger partial charge in [-0.2, -0.15) is 0 Å². The van der Waals surface area contributed by atoms with Crippen molar-refractivity contribution in [1.29, 1.82) is 0 Å². The van der Waals surface area contributed by atoms with Gasteiger partial charge in [0.05, 0.1) is 25.0 Å². The number of nitrogens with zero attached hydrogens (tertiary/aromatic N) is 1. The van der Waals surface area contributed by atoms with Gasteiger partial charge >= 0.3 is 0 Å². The second-order valence-electron chi connectivity index (χ2n) is 5.04. The normalized spacial score (nSPS) is 16.4. The lowest BCUT2D eigenvalue weighted by Gasteiger charge is -2.20. The van der Waals surface area contributed by atoms with Crippen LogP contribution in [0.3, 0.4) is 0 Å². The van der Waals surface area contributed by atoms with E-state index in [0.717, 1.165) is 19.5 Å². The number of halogens is 1. The Balaban J connectivity index is 0.00000400. The van der Waals surface area contributed by atoms with Crippen molar-refractivity contribution >= 4 is 28.3 Å². The molecule has 2 N–H and O–H groups in total. The average molecular weight is 344 g/mol. The van der Waals surface area contributed by atoms with Gasteiger partial charge in [0.2, 0.25) is 15.9 Å². The summed E-state index contributed by atoms with van der Waals surface area (Å²) in [4.78, 5) is 13.6. The average Bonchev–Trinajstić information content (AvgIpc) is 2.64. The van der Waals surface area contributed by atoms with E-state index in [0.29, 0.717) is 13.1 Å². The highest BCUT2D eigenvalue weighted by Gasteiger charge is 2.18. The van der Waals surface area contributed by atoms with Crippen molar-refractivity contribution < 1.29 is 17.9 Å². The lowest BCUT2D eigenvalue weighted by molar-refractivity contribution is -0.129. The van der Waals surface area contributed by atoms with E-state index in [-0.39, 0.29) is 43.3 Å². The third-order valence-electron chi connectivity index (χ3n) is 2.94. The summed E-state index contributed by atoms with van der Waals surface area (Å²) in [5, 5.41) is 3.19. The standard InChI is InChI=1S/C12H25N3O4S.ClH/c1-11(2)19-8-9-20(17,18)14-10-12(16)15-6-3-4-13-5-7-15;/h11,13-14H,3-10H2,1-2H3;1H. The molecule has 0 unspecified atom stereocenters. The highest BCUT2D eigenvalue weighted by atomic mass is 35.5. The molecule has 9 heteroatoms. The predicted molar refractivity (Wildman–Crippen MR) is 84.2 cm³/mol. The Bertz CT molecular complexity index is 395. The zero-order valence-electron chi connectivity index (χ0n) is 12.6. The van der Waals surface area contributed by atoms with E-state index in [4.69, 9.17) is 4.74 Å². The number of hydrogen-bond donors (Lipinski definition) is 2. The minimum absolute atomic E-state index is 0. The van der Waals surface area contributed by atoms with Crippen LogP contribution in [0.25, 0.3) is 0 Å². The van der Waals surface area contributed by atoms with E-state index in [1.165, 1.54) is 0 Å². The molecule has 1 aliphatic rings. The van der Waals surface area contributed by atoms with E-state index in [2.05, 4.69) is 10.0 Å². The third kappa shape index (κ3) is 9.26. The van der Waals surface area contributed by atoms with Crippen molar-refractivity contribution in [3.05, 3.63) is 0 Å². The molecule has 0 atom stereocenters. The molecule has 0 saturated carbocycles. The van der Waals surface area contributed by atoms with E-state index in [1.54, 1.807) is 4.90 Å². The molecule has 0 aromatic carbocycles. The van der Waals surface area contributed by atoms with Gasteiger partial charge in [-0.05, 0) is 26.8 Å². The summed E-state index contributed by atoms with van der Waals surface area (Å²) in [6, 6.07) is 0. The number of nitrogens with one attached hydrogen (secondary N) is 2. The van der Waals surface area contributed by atoms with Crippen LogP contribution in [-0.2, 0) is 19.6 Å². The SMILES string of the molecule is CC(C)OCCS(=O)(=O)NCC(=O)N1CCCNCC1.Cl. The van der Waals surface area contributed by atoms with E-state index in [9.17, 15) is 13.2 Å². The van der Waals surface area contributed by atoms with Gasteiger partial charge in [-0.3, -0.25) is 4.79 Å². The minimum Gasteiger partial charge on any atom is -0.378 e. The molecule has 1 rings (SSSR count). The first-order valence-electron chi connectivity index (χ1n) is 6.98. The number of hydrogen-bond acceptors (Lipinski definition) is 5. The molecule has 0 bridgehead atoms. The quantitative estimate of drug-likeness (QED) is 0.655. The third-order valence-corrected chi connectivity index (χ3v) is 4.23. The monoisotopic (exact) mass is 343 g/mol. The van der Waals surface area contributed by atoms with E-state index < -0.39 is 10.0 Å². The van der Waals surface area contributed by atoms with Crippen LogP contribution in [-0.4, -0.2) is 70.4 Å². The smallest absolute Gasteiger partial charge is 0.237 e. The first-order chi connectivity index (χ1) is 9.41. The van der Waals surface area contributed by atoms with Crippen LogP contribution in [0.4, 0.5) is 0 Å². The molecule has 1 aliphatic heterocycles. The molecule has 0 aliphatic carbocycles. The zero-order valence-corrected chi connectivity index (χ0v) is 14.3. The predicted octanol–water partition coefficient (Wildman–Crippen LogP) is -0.425. The van der Waals surface area contributed by atoms with Gasteiger partial charge < -0.3 is 15.0 Å². The molecular weight excluding hydrogens is 318 g/mol. The molecule has 126 valence electrons. The molecule has 0 aromatic rings. The Kier molecular flexibility index (Phi) is 10.1. The first-order valence-corrected chi connectivity index (χ1v) is 8.63. The zero-order chi connectivity index (χ0) is 15.0. The number of ether oxygens (including phenoxy) is 1. The Morgan fingerprint density at radius 3 is 2.71 bits per heavy atom. The fraction of sp³-hybridized carbons (Fsp3) is 0.917. The Hall–Kier alpha value is -0.410. The summed E-state index contributed by atoms with van der Waals surface area (Å²) in [6.07, 6.45) is 0.886. The summed E-state index contributed by atoms with van der Waals surface area (Å²) in [5.74, 6) is -0.304. The number of carbonyl (C=O) groups excluding carboxylic acids is 1. The number of amides is 1. The molecule has 1 heterocycles. The van der Waals surface area contributed by atoms with Crippen molar-refractivity contribution in [3.63, 3.8) is 0 Å². The highest BCUT2D eigenvalue weighted by Crippen LogP contribution is 1.97. The fourth-order valence-corrected chi connectivity index (χ4v) is 2.65. The number of carbonyl (C=O) groups is 1. The highest BCUT2D eigenvalue weighted by molar-refractivity contribution is 7.89. The molecule has 1 saturated heterocycles. The molecule has 21 heavy (non-hydrogen) atoms. The summed E-state index contributed by atoms with van der Waals surface area (Å²) < 4.78 is 30.9. The van der Waals surface area contributed by atoms with Crippen LogP contribution in [0.2, 0.25) is 0 Å². The largest absolute Gasteiger partial charge is 0.378 e. The topological polar surface area (TPSA) is 87.7 Å². The van der Waals surface area contributed by atoms with Gasteiger partial charge in [0.25, 0.3) is 0 Å². The Labute approximate surface area is 133 Å². The van der Waals surface area contributed by atoms with Crippen LogP contribution in [0.1, 0.15) is 20.3 Å². The molecule has 0 spiro atoms. The van der Waals surface area contributed by atoms with Crippen molar-refractivity contribution in [3.8, 4) is 0 Å². The van der Waals surface area contributed by atoms with E-state index in [1.807, 2.05) is 13.8 Å². The molecular formula is C12H26ClN3O4S. The van der Waals surface area contributed by atoms with Crippen LogP contribution < -0.4 is 10.0 Å². The summed E-state index contributed by atoms with van der Waals surface area (Å²) in [6.45, 7) is 6.58. The van der Waals surface area contributed by atoms with Crippen LogP contribution >= 0.6 is 12.4 Å². The lowest BCUT2D eigenvalue weighted by atomic mass is 10.4. The van der Waals surface area contributed by atoms with E-state index >= 15 is 0 Å². The van der Waals surface area contributed by atoms with Crippen molar-refractivity contribution in [2.75, 3.05) is 45.1 Å². The van der Waals surface area contributed by atoms with Crippen molar-refractivity contribution in [2.24, 2.45) is 0 Å². The lowest BCUT2D eigenvalue weighted by Crippen LogP contribution is -2.42.